The zero-order valence-electron chi connectivity index (χ0n) is 9.74. The Balaban J connectivity index is 1.80. The molecule has 1 aromatic heterocycles. The van der Waals surface area contributed by atoms with Gasteiger partial charge in [0.1, 0.15) is 5.82 Å². The van der Waals surface area contributed by atoms with Gasteiger partial charge in [0.05, 0.1) is 0 Å². The van der Waals surface area contributed by atoms with Crippen molar-refractivity contribution in [2.75, 3.05) is 44.2 Å². The van der Waals surface area contributed by atoms with Crippen molar-refractivity contribution in [2.45, 2.75) is 0 Å². The monoisotopic (exact) mass is 232 g/mol. The fourth-order valence-electron chi connectivity index (χ4n) is 1.97. The molecule has 0 amide bonds. The van der Waals surface area contributed by atoms with E-state index in [4.69, 9.17) is 5.53 Å². The number of nitrogens with zero attached hydrogens (tertiary/aromatic N) is 6. The van der Waals surface area contributed by atoms with Gasteiger partial charge in [-0.05, 0) is 17.7 Å². The Bertz CT molecular complexity index is 378. The van der Waals surface area contributed by atoms with Crippen LogP contribution in [0.2, 0.25) is 0 Å². The molecule has 1 fully saturated rings. The molecule has 1 aliphatic rings. The first-order chi connectivity index (χ1) is 8.40. The lowest BCUT2D eigenvalue weighted by molar-refractivity contribution is 0.264. The number of anilines is 1. The summed E-state index contributed by atoms with van der Waals surface area (Å²) in [5.41, 5.74) is 8.21. The van der Waals surface area contributed by atoms with E-state index in [1.807, 2.05) is 24.4 Å². The summed E-state index contributed by atoms with van der Waals surface area (Å²) in [6.45, 7) is 5.36. The average molecular weight is 232 g/mol. The average Bonchev–Trinajstić information content (AvgIpc) is 2.41. The summed E-state index contributed by atoms with van der Waals surface area (Å²) < 4.78 is 0. The van der Waals surface area contributed by atoms with Crippen molar-refractivity contribution in [3.05, 3.63) is 34.8 Å². The van der Waals surface area contributed by atoms with Gasteiger partial charge < -0.3 is 4.90 Å². The molecule has 17 heavy (non-hydrogen) atoms. The summed E-state index contributed by atoms with van der Waals surface area (Å²) >= 11 is 0. The van der Waals surface area contributed by atoms with Crippen LogP contribution in [0.25, 0.3) is 10.4 Å². The van der Waals surface area contributed by atoms with E-state index in [9.17, 15) is 0 Å². The molecule has 0 saturated carbocycles. The first kappa shape index (κ1) is 11.7. The fourth-order valence-corrected chi connectivity index (χ4v) is 1.97. The van der Waals surface area contributed by atoms with E-state index in [1.165, 1.54) is 0 Å². The topological polar surface area (TPSA) is 68.1 Å². The highest BCUT2D eigenvalue weighted by Gasteiger charge is 2.16. The second-order valence-electron chi connectivity index (χ2n) is 3.97. The van der Waals surface area contributed by atoms with E-state index in [0.29, 0.717) is 6.54 Å². The Morgan fingerprint density at radius 1 is 1.29 bits per heavy atom. The van der Waals surface area contributed by atoms with Gasteiger partial charge in [0.25, 0.3) is 0 Å². The first-order valence-electron chi connectivity index (χ1n) is 5.79. The number of piperazine rings is 1. The molecule has 0 radical (unpaired) electrons. The highest BCUT2D eigenvalue weighted by Crippen LogP contribution is 2.11. The highest BCUT2D eigenvalue weighted by molar-refractivity contribution is 5.38. The lowest BCUT2D eigenvalue weighted by Crippen LogP contribution is -2.47. The fraction of sp³-hybridized carbons (Fsp3) is 0.545. The van der Waals surface area contributed by atoms with E-state index in [0.717, 1.165) is 38.5 Å². The molecule has 1 aliphatic heterocycles. The molecule has 6 nitrogen and oxygen atoms in total. The molecule has 0 aliphatic carbocycles. The van der Waals surface area contributed by atoms with Crippen LogP contribution >= 0.6 is 0 Å². The minimum Gasteiger partial charge on any atom is -0.354 e. The smallest absolute Gasteiger partial charge is 0.128 e. The van der Waals surface area contributed by atoms with Crippen molar-refractivity contribution >= 4 is 5.82 Å². The minimum atomic E-state index is 0.556. The van der Waals surface area contributed by atoms with E-state index >= 15 is 0 Å². The highest BCUT2D eigenvalue weighted by atomic mass is 15.3. The number of aromatic nitrogens is 1. The quantitative estimate of drug-likeness (QED) is 0.449. The van der Waals surface area contributed by atoms with Crippen molar-refractivity contribution in [3.8, 4) is 0 Å². The van der Waals surface area contributed by atoms with Gasteiger partial charge in [0, 0.05) is 50.4 Å². The van der Waals surface area contributed by atoms with Crippen molar-refractivity contribution in [3.63, 3.8) is 0 Å². The van der Waals surface area contributed by atoms with Crippen molar-refractivity contribution in [1.82, 2.24) is 9.88 Å². The van der Waals surface area contributed by atoms with Crippen LogP contribution in [-0.4, -0.2) is 49.2 Å². The molecule has 0 atom stereocenters. The maximum Gasteiger partial charge on any atom is 0.128 e. The molecule has 6 heteroatoms. The summed E-state index contributed by atoms with van der Waals surface area (Å²) in [5, 5.41) is 3.56. The van der Waals surface area contributed by atoms with Crippen molar-refractivity contribution in [1.29, 1.82) is 0 Å². The molecule has 0 bridgehead atoms. The van der Waals surface area contributed by atoms with Gasteiger partial charge in [-0.1, -0.05) is 11.2 Å². The zero-order valence-corrected chi connectivity index (χ0v) is 9.74. The predicted molar refractivity (Wildman–Crippen MR) is 66.9 cm³/mol. The Hall–Kier alpha value is -1.78. The number of hydrogen-bond acceptors (Lipinski definition) is 4. The molecule has 2 heterocycles. The largest absolute Gasteiger partial charge is 0.354 e. The van der Waals surface area contributed by atoms with Gasteiger partial charge in [0.2, 0.25) is 0 Å². The number of hydrogen-bond donors (Lipinski definition) is 0. The van der Waals surface area contributed by atoms with Gasteiger partial charge in [-0.25, -0.2) is 4.98 Å². The Morgan fingerprint density at radius 3 is 2.76 bits per heavy atom. The zero-order chi connectivity index (χ0) is 11.9. The molecule has 1 aromatic rings. The second kappa shape index (κ2) is 6.08. The van der Waals surface area contributed by atoms with Crippen molar-refractivity contribution < 1.29 is 0 Å². The summed E-state index contributed by atoms with van der Waals surface area (Å²) in [7, 11) is 0. The van der Waals surface area contributed by atoms with Crippen LogP contribution in [0.15, 0.2) is 29.5 Å². The van der Waals surface area contributed by atoms with Gasteiger partial charge in [0.15, 0.2) is 0 Å². The second-order valence-corrected chi connectivity index (χ2v) is 3.97. The standard InChI is InChI=1S/C11H16N6/c12-15-14-5-6-16-7-9-17(10-8-16)11-3-1-2-4-13-11/h1-4H,5-10H2. The van der Waals surface area contributed by atoms with Crippen LogP contribution in [0.1, 0.15) is 0 Å². The molecule has 0 aromatic carbocycles. The van der Waals surface area contributed by atoms with Crippen LogP contribution in [0.5, 0.6) is 0 Å². The minimum absolute atomic E-state index is 0.556. The SMILES string of the molecule is [N-]=[N+]=NCCN1CCN(c2ccccn2)CC1. The first-order valence-corrected chi connectivity index (χ1v) is 5.79. The molecule has 90 valence electrons. The number of pyridine rings is 1. The van der Waals surface area contributed by atoms with Crippen LogP contribution in [0.3, 0.4) is 0 Å². The molecule has 2 rings (SSSR count). The summed E-state index contributed by atoms with van der Waals surface area (Å²) in [6, 6.07) is 5.98. The van der Waals surface area contributed by atoms with E-state index in [-0.39, 0.29) is 0 Å². The molecule has 0 unspecified atom stereocenters. The van der Waals surface area contributed by atoms with Crippen LogP contribution in [0, 0.1) is 0 Å². The maximum absolute atomic E-state index is 8.21. The number of rotatable bonds is 4. The van der Waals surface area contributed by atoms with Gasteiger partial charge in [-0.15, -0.1) is 0 Å². The predicted octanol–water partition coefficient (Wildman–Crippen LogP) is 1.51. The Morgan fingerprint density at radius 2 is 2.12 bits per heavy atom. The van der Waals surface area contributed by atoms with Crippen LogP contribution < -0.4 is 4.90 Å². The van der Waals surface area contributed by atoms with Gasteiger partial charge in [-0.2, -0.15) is 0 Å². The summed E-state index contributed by atoms with van der Waals surface area (Å²) in [6.07, 6.45) is 1.82. The van der Waals surface area contributed by atoms with Crippen molar-refractivity contribution in [2.24, 2.45) is 5.11 Å². The van der Waals surface area contributed by atoms with Gasteiger partial charge >= 0.3 is 0 Å². The molecule has 1 saturated heterocycles. The summed E-state index contributed by atoms with van der Waals surface area (Å²) in [4.78, 5) is 11.7. The Kier molecular flexibility index (Phi) is 4.18. The third-order valence-corrected chi connectivity index (χ3v) is 2.93. The van der Waals surface area contributed by atoms with Gasteiger partial charge in [-0.3, -0.25) is 4.90 Å². The lowest BCUT2D eigenvalue weighted by Gasteiger charge is -2.35. The maximum atomic E-state index is 8.21. The van der Waals surface area contributed by atoms with Crippen LogP contribution in [-0.2, 0) is 0 Å². The van der Waals surface area contributed by atoms with Crippen LogP contribution in [0.4, 0.5) is 5.82 Å². The lowest BCUT2D eigenvalue weighted by atomic mass is 10.3. The third kappa shape index (κ3) is 3.34. The van der Waals surface area contributed by atoms with E-state index < -0.39 is 0 Å². The van der Waals surface area contributed by atoms with E-state index in [2.05, 4.69) is 24.8 Å². The molecular formula is C11H16N6. The third-order valence-electron chi connectivity index (χ3n) is 2.93. The molecular weight excluding hydrogens is 216 g/mol. The number of azide groups is 1. The normalized spacial score (nSPS) is 16.6. The van der Waals surface area contributed by atoms with E-state index in [1.54, 1.807) is 0 Å². The molecule has 0 N–H and O–H groups in total. The Labute approximate surface area is 100 Å². The summed E-state index contributed by atoms with van der Waals surface area (Å²) in [5.74, 6) is 1.04. The molecule has 0 spiro atoms.